The Morgan fingerprint density at radius 3 is 2.71 bits per heavy atom. The zero-order valence-corrected chi connectivity index (χ0v) is 11.5. The van der Waals surface area contributed by atoms with Gasteiger partial charge in [0.15, 0.2) is 0 Å². The van der Waals surface area contributed by atoms with Gasteiger partial charge in [-0.25, -0.2) is 0 Å². The average molecular weight is 255 g/mol. The summed E-state index contributed by atoms with van der Waals surface area (Å²) < 4.78 is 17.2. The van der Waals surface area contributed by atoms with E-state index in [2.05, 4.69) is 13.8 Å². The fourth-order valence-corrected chi connectivity index (χ4v) is 2.78. The van der Waals surface area contributed by atoms with Gasteiger partial charge in [-0.05, 0) is 36.6 Å². The number of ether oxygens (including phenoxy) is 1. The van der Waals surface area contributed by atoms with E-state index >= 15 is 0 Å². The normalized spacial score (nSPS) is 13.4. The molecule has 2 N–H and O–H groups in total. The summed E-state index contributed by atoms with van der Waals surface area (Å²) in [6.07, 6.45) is 0.854. The summed E-state index contributed by atoms with van der Waals surface area (Å²) in [5.41, 5.74) is 5.71. The van der Waals surface area contributed by atoms with Crippen molar-refractivity contribution in [3.63, 3.8) is 0 Å². The zero-order valence-electron chi connectivity index (χ0n) is 10.7. The lowest BCUT2D eigenvalue weighted by Crippen LogP contribution is -2.25. The number of hydrogen-bond donors (Lipinski definition) is 1. The van der Waals surface area contributed by atoms with Crippen LogP contribution < -0.4 is 10.5 Å². The fraction of sp³-hybridized carbons (Fsp3) is 0.538. The topological polar surface area (TPSA) is 52.3 Å². The molecule has 0 aliphatic heterocycles. The maximum absolute atomic E-state index is 12.1. The van der Waals surface area contributed by atoms with Crippen LogP contribution in [0, 0.1) is 5.41 Å². The Kier molecular flexibility index (Phi) is 5.15. The first-order chi connectivity index (χ1) is 7.98. The molecule has 1 aromatic carbocycles. The van der Waals surface area contributed by atoms with Crippen LogP contribution >= 0.6 is 0 Å². The van der Waals surface area contributed by atoms with Crippen molar-refractivity contribution in [2.45, 2.75) is 25.2 Å². The molecule has 0 bridgehead atoms. The summed E-state index contributed by atoms with van der Waals surface area (Å²) in [5, 5.41) is 0. The van der Waals surface area contributed by atoms with Crippen molar-refractivity contribution >= 4 is 10.8 Å². The number of nitrogens with two attached hydrogens (primary N) is 1. The van der Waals surface area contributed by atoms with Crippen molar-refractivity contribution in [2.75, 3.05) is 19.4 Å². The monoisotopic (exact) mass is 255 g/mol. The summed E-state index contributed by atoms with van der Waals surface area (Å²) in [7, 11) is 0.632. The third-order valence-electron chi connectivity index (χ3n) is 2.82. The molecule has 4 heteroatoms. The predicted molar refractivity (Wildman–Crippen MR) is 71.7 cm³/mol. The minimum absolute atomic E-state index is 0.0501. The van der Waals surface area contributed by atoms with Crippen LogP contribution in [0.4, 0.5) is 0 Å². The van der Waals surface area contributed by atoms with E-state index in [1.807, 2.05) is 24.3 Å². The van der Waals surface area contributed by atoms with E-state index in [1.54, 1.807) is 7.11 Å². The Balaban J connectivity index is 2.64. The van der Waals surface area contributed by atoms with Gasteiger partial charge in [0.2, 0.25) is 0 Å². The Morgan fingerprint density at radius 1 is 1.41 bits per heavy atom. The van der Waals surface area contributed by atoms with Gasteiger partial charge in [0.1, 0.15) is 5.75 Å². The van der Waals surface area contributed by atoms with Crippen molar-refractivity contribution in [3.8, 4) is 5.75 Å². The highest BCUT2D eigenvalue weighted by Gasteiger charge is 2.17. The molecule has 1 atom stereocenters. The molecular formula is C13H21NO2S. The summed E-state index contributed by atoms with van der Waals surface area (Å²) in [6.45, 7) is 4.80. The van der Waals surface area contributed by atoms with Crippen LogP contribution in [-0.2, 0) is 10.8 Å². The van der Waals surface area contributed by atoms with E-state index in [0.29, 0.717) is 12.3 Å². The van der Waals surface area contributed by atoms with E-state index in [1.165, 1.54) is 0 Å². The SMILES string of the molecule is COc1cccc(S(=O)CCC(C)(C)CN)c1. The smallest absolute Gasteiger partial charge is 0.120 e. The molecule has 0 spiro atoms. The molecule has 0 aliphatic rings. The number of rotatable bonds is 6. The third-order valence-corrected chi connectivity index (χ3v) is 4.18. The molecule has 17 heavy (non-hydrogen) atoms. The molecule has 1 rings (SSSR count). The second kappa shape index (κ2) is 6.17. The second-order valence-corrected chi connectivity index (χ2v) is 6.42. The summed E-state index contributed by atoms with van der Waals surface area (Å²) in [6, 6.07) is 7.41. The lowest BCUT2D eigenvalue weighted by molar-refractivity contribution is 0.367. The van der Waals surface area contributed by atoms with Gasteiger partial charge in [0, 0.05) is 10.6 Å². The first-order valence-electron chi connectivity index (χ1n) is 5.71. The van der Waals surface area contributed by atoms with Gasteiger partial charge in [-0.15, -0.1) is 0 Å². The minimum atomic E-state index is -0.979. The first-order valence-corrected chi connectivity index (χ1v) is 7.03. The van der Waals surface area contributed by atoms with Crippen molar-refractivity contribution < 1.29 is 8.95 Å². The van der Waals surface area contributed by atoms with Gasteiger partial charge in [-0.1, -0.05) is 19.9 Å². The zero-order chi connectivity index (χ0) is 12.9. The van der Waals surface area contributed by atoms with Crippen LogP contribution in [0.2, 0.25) is 0 Å². The van der Waals surface area contributed by atoms with Crippen molar-refractivity contribution in [3.05, 3.63) is 24.3 Å². The van der Waals surface area contributed by atoms with Crippen LogP contribution in [0.3, 0.4) is 0 Å². The number of benzene rings is 1. The highest BCUT2D eigenvalue weighted by Crippen LogP contribution is 2.21. The first kappa shape index (κ1) is 14.2. The van der Waals surface area contributed by atoms with Crippen molar-refractivity contribution in [1.82, 2.24) is 0 Å². The van der Waals surface area contributed by atoms with E-state index in [4.69, 9.17) is 10.5 Å². The summed E-state index contributed by atoms with van der Waals surface area (Å²) >= 11 is 0. The number of methoxy groups -OCH3 is 1. The largest absolute Gasteiger partial charge is 0.497 e. The molecule has 0 aromatic heterocycles. The molecule has 0 aliphatic carbocycles. The summed E-state index contributed by atoms with van der Waals surface area (Å²) in [4.78, 5) is 0.817. The molecule has 0 fully saturated rings. The maximum atomic E-state index is 12.1. The molecule has 0 saturated carbocycles. The lowest BCUT2D eigenvalue weighted by Gasteiger charge is -2.21. The van der Waals surface area contributed by atoms with Crippen LogP contribution in [0.5, 0.6) is 5.75 Å². The van der Waals surface area contributed by atoms with Gasteiger partial charge < -0.3 is 10.5 Å². The molecule has 1 aromatic rings. The molecule has 0 heterocycles. The molecule has 1 unspecified atom stereocenters. The van der Waals surface area contributed by atoms with Crippen molar-refractivity contribution in [2.24, 2.45) is 11.1 Å². The lowest BCUT2D eigenvalue weighted by atomic mass is 9.91. The molecule has 0 saturated heterocycles. The van der Waals surface area contributed by atoms with E-state index in [9.17, 15) is 4.21 Å². The standard InChI is InChI=1S/C13H21NO2S/c1-13(2,10-14)7-8-17(15)12-6-4-5-11(9-12)16-3/h4-6,9H,7-8,10,14H2,1-3H3. The molecule has 0 amide bonds. The molecule has 0 radical (unpaired) electrons. The Bertz CT molecular complexity index is 391. The minimum Gasteiger partial charge on any atom is -0.497 e. The number of hydrogen-bond acceptors (Lipinski definition) is 3. The van der Waals surface area contributed by atoms with E-state index in [0.717, 1.165) is 17.1 Å². The van der Waals surface area contributed by atoms with Crippen molar-refractivity contribution in [1.29, 1.82) is 0 Å². The maximum Gasteiger partial charge on any atom is 0.120 e. The third kappa shape index (κ3) is 4.48. The Morgan fingerprint density at radius 2 is 2.12 bits per heavy atom. The Hall–Kier alpha value is -0.870. The predicted octanol–water partition coefficient (Wildman–Crippen LogP) is 2.18. The van der Waals surface area contributed by atoms with Crippen LogP contribution in [0.25, 0.3) is 0 Å². The van der Waals surface area contributed by atoms with Crippen LogP contribution in [-0.4, -0.2) is 23.6 Å². The van der Waals surface area contributed by atoms with E-state index < -0.39 is 10.8 Å². The molecule has 96 valence electrons. The van der Waals surface area contributed by atoms with Gasteiger partial charge in [-0.3, -0.25) is 4.21 Å². The van der Waals surface area contributed by atoms with Crippen LogP contribution in [0.1, 0.15) is 20.3 Å². The second-order valence-electron chi connectivity index (χ2n) is 4.85. The van der Waals surface area contributed by atoms with E-state index in [-0.39, 0.29) is 5.41 Å². The quantitative estimate of drug-likeness (QED) is 0.847. The highest BCUT2D eigenvalue weighted by atomic mass is 32.2. The molecular weight excluding hydrogens is 234 g/mol. The highest BCUT2D eigenvalue weighted by molar-refractivity contribution is 7.85. The van der Waals surface area contributed by atoms with Gasteiger partial charge in [0.25, 0.3) is 0 Å². The molecule has 3 nitrogen and oxygen atoms in total. The Labute approximate surface area is 106 Å². The average Bonchev–Trinajstić information content (AvgIpc) is 2.36. The fourth-order valence-electron chi connectivity index (χ4n) is 1.33. The summed E-state index contributed by atoms with van der Waals surface area (Å²) in [5.74, 6) is 1.38. The van der Waals surface area contributed by atoms with Gasteiger partial charge in [-0.2, -0.15) is 0 Å². The van der Waals surface area contributed by atoms with Crippen LogP contribution in [0.15, 0.2) is 29.2 Å². The van der Waals surface area contributed by atoms with Gasteiger partial charge in [0.05, 0.1) is 17.9 Å². The van der Waals surface area contributed by atoms with Gasteiger partial charge >= 0.3 is 0 Å².